The number of amides is 1. The lowest BCUT2D eigenvalue weighted by molar-refractivity contribution is -0.133. The van der Waals surface area contributed by atoms with Gasteiger partial charge in [0.25, 0.3) is 0 Å². The minimum atomic E-state index is -0.870. The fraction of sp³-hybridized carbons (Fsp3) is 0.867. The van der Waals surface area contributed by atoms with Crippen molar-refractivity contribution in [2.75, 3.05) is 11.5 Å². The molecule has 116 valence electrons. The average Bonchev–Trinajstić information content (AvgIpc) is 2.39. The molecule has 5 heteroatoms. The Kier molecular flexibility index (Phi) is 6.86. The van der Waals surface area contributed by atoms with E-state index in [9.17, 15) is 9.59 Å². The van der Waals surface area contributed by atoms with Crippen molar-refractivity contribution in [3.05, 3.63) is 0 Å². The number of hydrogen-bond donors (Lipinski definition) is 2. The van der Waals surface area contributed by atoms with Crippen molar-refractivity contribution in [3.8, 4) is 0 Å². The topological polar surface area (TPSA) is 66.4 Å². The van der Waals surface area contributed by atoms with Gasteiger partial charge in [-0.2, -0.15) is 0 Å². The van der Waals surface area contributed by atoms with Crippen molar-refractivity contribution >= 4 is 23.6 Å². The van der Waals surface area contributed by atoms with Crippen LogP contribution in [-0.2, 0) is 9.59 Å². The summed E-state index contributed by atoms with van der Waals surface area (Å²) in [5.41, 5.74) is 0.395. The van der Waals surface area contributed by atoms with E-state index in [4.69, 9.17) is 5.11 Å². The van der Waals surface area contributed by atoms with Crippen molar-refractivity contribution in [1.29, 1.82) is 0 Å². The largest absolute Gasteiger partial charge is 0.481 e. The molecule has 0 aromatic heterocycles. The quantitative estimate of drug-likeness (QED) is 0.759. The Bertz CT molecular complexity index is 336. The first-order valence-corrected chi connectivity index (χ1v) is 8.59. The lowest BCUT2D eigenvalue weighted by atomic mass is 9.69. The monoisotopic (exact) mass is 301 g/mol. The minimum Gasteiger partial charge on any atom is -0.481 e. The molecule has 1 amide bonds. The minimum absolute atomic E-state index is 0.00908. The highest BCUT2D eigenvalue weighted by molar-refractivity contribution is 8.00. The van der Waals surface area contributed by atoms with E-state index < -0.39 is 5.97 Å². The number of nitrogens with one attached hydrogen (secondary N) is 1. The Morgan fingerprint density at radius 2 is 1.80 bits per heavy atom. The molecule has 0 aromatic rings. The molecule has 1 fully saturated rings. The first-order valence-electron chi connectivity index (χ1n) is 7.44. The Hall–Kier alpha value is -0.710. The summed E-state index contributed by atoms with van der Waals surface area (Å²) in [5.74, 6) is 0.0824. The third kappa shape index (κ3) is 5.73. The molecule has 0 atom stereocenters. The highest BCUT2D eigenvalue weighted by Gasteiger charge is 2.32. The standard InChI is InChI=1S/C15H27NO3S/c1-4-15(2,3)11-5-7-12(8-6-11)16-13(17)9-20-10-14(18)19/h11-12H,4-10H2,1-3H3,(H,16,17)(H,18,19). The Morgan fingerprint density at radius 3 is 2.30 bits per heavy atom. The van der Waals surface area contributed by atoms with Crippen LogP contribution in [0.3, 0.4) is 0 Å². The smallest absolute Gasteiger partial charge is 0.313 e. The Labute approximate surface area is 126 Å². The second kappa shape index (κ2) is 7.91. The van der Waals surface area contributed by atoms with E-state index in [0.29, 0.717) is 5.41 Å². The summed E-state index contributed by atoms with van der Waals surface area (Å²) in [5, 5.41) is 11.6. The number of aliphatic carboxylic acids is 1. The molecule has 0 spiro atoms. The second-order valence-electron chi connectivity index (χ2n) is 6.34. The SMILES string of the molecule is CCC(C)(C)C1CCC(NC(=O)CSCC(=O)O)CC1. The molecule has 0 heterocycles. The maximum absolute atomic E-state index is 11.7. The van der Waals surface area contributed by atoms with Crippen molar-refractivity contribution in [1.82, 2.24) is 5.32 Å². The number of carboxylic acid groups (broad SMARTS) is 1. The number of thioether (sulfide) groups is 1. The van der Waals surface area contributed by atoms with Gasteiger partial charge in [0.15, 0.2) is 0 Å². The van der Waals surface area contributed by atoms with Gasteiger partial charge in [-0.05, 0) is 37.0 Å². The summed E-state index contributed by atoms with van der Waals surface area (Å²) < 4.78 is 0. The maximum Gasteiger partial charge on any atom is 0.313 e. The van der Waals surface area contributed by atoms with Crippen molar-refractivity contribution in [2.45, 2.75) is 58.9 Å². The molecule has 0 aromatic carbocycles. The summed E-state index contributed by atoms with van der Waals surface area (Å²) in [6.45, 7) is 6.91. The van der Waals surface area contributed by atoms with E-state index in [1.807, 2.05) is 0 Å². The predicted molar refractivity (Wildman–Crippen MR) is 82.9 cm³/mol. The third-order valence-corrected chi connectivity index (χ3v) is 5.48. The highest BCUT2D eigenvalue weighted by Crippen LogP contribution is 2.40. The van der Waals surface area contributed by atoms with Crippen LogP contribution in [0.1, 0.15) is 52.9 Å². The van der Waals surface area contributed by atoms with Crippen molar-refractivity contribution in [3.63, 3.8) is 0 Å². The number of hydrogen-bond acceptors (Lipinski definition) is 3. The van der Waals surface area contributed by atoms with E-state index in [2.05, 4.69) is 26.1 Å². The number of carbonyl (C=O) groups excluding carboxylic acids is 1. The van der Waals surface area contributed by atoms with Gasteiger partial charge in [-0.25, -0.2) is 0 Å². The van der Waals surface area contributed by atoms with Gasteiger partial charge in [-0.1, -0.05) is 27.2 Å². The zero-order chi connectivity index (χ0) is 15.2. The molecule has 4 nitrogen and oxygen atoms in total. The van der Waals surface area contributed by atoms with Crippen LogP contribution in [0.15, 0.2) is 0 Å². The van der Waals surface area contributed by atoms with Gasteiger partial charge in [0.05, 0.1) is 11.5 Å². The summed E-state index contributed by atoms with van der Waals surface area (Å²) in [6, 6.07) is 0.275. The first-order chi connectivity index (χ1) is 9.35. The van der Waals surface area contributed by atoms with Gasteiger partial charge in [-0.15, -0.1) is 11.8 Å². The summed E-state index contributed by atoms with van der Waals surface area (Å²) in [7, 11) is 0. The number of rotatable bonds is 7. The van der Waals surface area contributed by atoms with E-state index in [-0.39, 0.29) is 23.5 Å². The molecule has 0 unspecified atom stereocenters. The molecule has 0 saturated heterocycles. The Balaban J connectivity index is 2.25. The van der Waals surface area contributed by atoms with Crippen LogP contribution in [0.4, 0.5) is 0 Å². The van der Waals surface area contributed by atoms with E-state index >= 15 is 0 Å². The molecule has 0 aliphatic heterocycles. The fourth-order valence-corrected chi connectivity index (χ4v) is 3.35. The zero-order valence-corrected chi connectivity index (χ0v) is 13.6. The van der Waals surface area contributed by atoms with Gasteiger partial charge in [0.2, 0.25) is 5.91 Å². The summed E-state index contributed by atoms with van der Waals surface area (Å²) in [4.78, 5) is 22.1. The predicted octanol–water partition coefficient (Wildman–Crippen LogP) is 2.92. The van der Waals surface area contributed by atoms with Crippen LogP contribution in [0, 0.1) is 11.3 Å². The van der Waals surface area contributed by atoms with E-state index in [1.165, 1.54) is 19.3 Å². The van der Waals surface area contributed by atoms with Gasteiger partial charge in [-0.3, -0.25) is 9.59 Å². The van der Waals surface area contributed by atoms with Gasteiger partial charge in [0.1, 0.15) is 0 Å². The van der Waals surface area contributed by atoms with Gasteiger partial charge >= 0.3 is 5.97 Å². The summed E-state index contributed by atoms with van der Waals surface area (Å²) in [6.07, 6.45) is 5.63. The molecular formula is C15H27NO3S. The zero-order valence-electron chi connectivity index (χ0n) is 12.8. The molecule has 20 heavy (non-hydrogen) atoms. The van der Waals surface area contributed by atoms with Crippen LogP contribution < -0.4 is 5.32 Å². The van der Waals surface area contributed by atoms with Crippen molar-refractivity contribution in [2.24, 2.45) is 11.3 Å². The molecule has 1 saturated carbocycles. The fourth-order valence-electron chi connectivity index (χ4n) is 2.81. The number of carbonyl (C=O) groups is 2. The van der Waals surface area contributed by atoms with Gasteiger partial charge < -0.3 is 10.4 Å². The Morgan fingerprint density at radius 1 is 1.20 bits per heavy atom. The van der Waals surface area contributed by atoms with Crippen LogP contribution in [0.5, 0.6) is 0 Å². The first kappa shape index (κ1) is 17.3. The van der Waals surface area contributed by atoms with Crippen LogP contribution in [-0.4, -0.2) is 34.5 Å². The van der Waals surface area contributed by atoms with Gasteiger partial charge in [0, 0.05) is 6.04 Å². The molecule has 0 bridgehead atoms. The van der Waals surface area contributed by atoms with Crippen LogP contribution in [0.2, 0.25) is 0 Å². The van der Waals surface area contributed by atoms with Crippen LogP contribution in [0.25, 0.3) is 0 Å². The average molecular weight is 301 g/mol. The maximum atomic E-state index is 11.7. The van der Waals surface area contributed by atoms with E-state index in [1.54, 1.807) is 0 Å². The highest BCUT2D eigenvalue weighted by atomic mass is 32.2. The summed E-state index contributed by atoms with van der Waals surface area (Å²) >= 11 is 1.15. The lowest BCUT2D eigenvalue weighted by Gasteiger charge is -2.39. The molecule has 0 radical (unpaired) electrons. The molecule has 1 aliphatic rings. The number of carboxylic acids is 1. The van der Waals surface area contributed by atoms with Crippen LogP contribution >= 0.6 is 11.8 Å². The normalized spacial score (nSPS) is 23.4. The molecule has 2 N–H and O–H groups in total. The molecular weight excluding hydrogens is 274 g/mol. The second-order valence-corrected chi connectivity index (χ2v) is 7.33. The molecule has 1 aliphatic carbocycles. The van der Waals surface area contributed by atoms with Crippen molar-refractivity contribution < 1.29 is 14.7 Å². The molecule has 1 rings (SSSR count). The third-order valence-electron chi connectivity index (χ3n) is 4.57. The van der Waals surface area contributed by atoms with E-state index in [0.717, 1.165) is 30.5 Å². The lowest BCUT2D eigenvalue weighted by Crippen LogP contribution is -2.40.